The summed E-state index contributed by atoms with van der Waals surface area (Å²) in [6.45, 7) is 6.33. The van der Waals surface area contributed by atoms with Crippen LogP contribution >= 0.6 is 0 Å². The zero-order valence-electron chi connectivity index (χ0n) is 22.8. The Morgan fingerprint density at radius 1 is 1.05 bits per heavy atom. The molecule has 38 heavy (non-hydrogen) atoms. The molecule has 1 atom stereocenters. The predicted octanol–water partition coefficient (Wildman–Crippen LogP) is 4.90. The van der Waals surface area contributed by atoms with Crippen LogP contribution < -0.4 is 29.7 Å². The summed E-state index contributed by atoms with van der Waals surface area (Å²) in [6, 6.07) is 13.9. The fraction of sp³-hybridized carbons (Fsp3) is 0.414. The number of piperidine rings is 1. The van der Waals surface area contributed by atoms with Crippen molar-refractivity contribution in [3.63, 3.8) is 0 Å². The molecule has 1 amide bonds. The summed E-state index contributed by atoms with van der Waals surface area (Å²) in [7, 11) is 4.71. The number of hydrogen-bond acceptors (Lipinski definition) is 8. The Hall–Kier alpha value is -4.01. The van der Waals surface area contributed by atoms with E-state index in [-0.39, 0.29) is 11.8 Å². The Labute approximate surface area is 224 Å². The van der Waals surface area contributed by atoms with Gasteiger partial charge in [-0.25, -0.2) is 4.98 Å². The molecule has 9 heteroatoms. The van der Waals surface area contributed by atoms with E-state index in [1.807, 2.05) is 6.07 Å². The van der Waals surface area contributed by atoms with Crippen molar-refractivity contribution in [3.05, 3.63) is 59.8 Å². The SMILES string of the molecule is COc1cc(Nc2nccc(N3CCC[C@H](C(=O)NCc4ccc(C(C)C)cc4)C3)n2)cc(OC)c1OC. The van der Waals surface area contributed by atoms with Crippen molar-refractivity contribution in [1.29, 1.82) is 0 Å². The van der Waals surface area contributed by atoms with Crippen molar-refractivity contribution in [2.24, 2.45) is 5.92 Å². The Morgan fingerprint density at radius 2 is 1.76 bits per heavy atom. The molecule has 1 aromatic heterocycles. The molecule has 0 bridgehead atoms. The van der Waals surface area contributed by atoms with Crippen molar-refractivity contribution in [3.8, 4) is 17.2 Å². The molecule has 0 spiro atoms. The van der Waals surface area contributed by atoms with Crippen molar-refractivity contribution >= 4 is 23.4 Å². The van der Waals surface area contributed by atoms with Gasteiger partial charge in [-0.1, -0.05) is 38.1 Å². The predicted molar refractivity (Wildman–Crippen MR) is 149 cm³/mol. The van der Waals surface area contributed by atoms with Crippen LogP contribution in [-0.4, -0.2) is 50.3 Å². The second-order valence-corrected chi connectivity index (χ2v) is 9.68. The van der Waals surface area contributed by atoms with Gasteiger partial charge < -0.3 is 29.7 Å². The maximum atomic E-state index is 13.0. The van der Waals surface area contributed by atoms with Crippen LogP contribution in [0.25, 0.3) is 0 Å². The van der Waals surface area contributed by atoms with E-state index in [2.05, 4.69) is 58.6 Å². The summed E-state index contributed by atoms with van der Waals surface area (Å²) in [5.74, 6) is 3.27. The highest BCUT2D eigenvalue weighted by molar-refractivity contribution is 5.79. The molecule has 9 nitrogen and oxygen atoms in total. The van der Waals surface area contributed by atoms with Gasteiger partial charge in [0.25, 0.3) is 0 Å². The number of amides is 1. The molecule has 2 aromatic carbocycles. The van der Waals surface area contributed by atoms with E-state index in [0.717, 1.165) is 30.8 Å². The minimum Gasteiger partial charge on any atom is -0.493 e. The number of nitrogens with one attached hydrogen (secondary N) is 2. The highest BCUT2D eigenvalue weighted by atomic mass is 16.5. The topological polar surface area (TPSA) is 97.8 Å². The van der Waals surface area contributed by atoms with Gasteiger partial charge in [-0.05, 0) is 36.0 Å². The van der Waals surface area contributed by atoms with Crippen molar-refractivity contribution in [2.75, 3.05) is 44.6 Å². The average molecular weight is 520 g/mol. The van der Waals surface area contributed by atoms with Gasteiger partial charge in [0.15, 0.2) is 11.5 Å². The summed E-state index contributed by atoms with van der Waals surface area (Å²) >= 11 is 0. The zero-order valence-corrected chi connectivity index (χ0v) is 22.8. The lowest BCUT2D eigenvalue weighted by Gasteiger charge is -2.33. The molecule has 4 rings (SSSR count). The van der Waals surface area contributed by atoms with Crippen LogP contribution in [0.2, 0.25) is 0 Å². The number of carbonyl (C=O) groups is 1. The fourth-order valence-corrected chi connectivity index (χ4v) is 4.62. The number of hydrogen-bond donors (Lipinski definition) is 2. The van der Waals surface area contributed by atoms with E-state index >= 15 is 0 Å². The van der Waals surface area contributed by atoms with Crippen molar-refractivity contribution in [1.82, 2.24) is 15.3 Å². The number of nitrogens with zero attached hydrogens (tertiary/aromatic N) is 3. The largest absolute Gasteiger partial charge is 0.493 e. The van der Waals surface area contributed by atoms with Crippen molar-refractivity contribution < 1.29 is 19.0 Å². The lowest BCUT2D eigenvalue weighted by Crippen LogP contribution is -2.43. The van der Waals surface area contributed by atoms with E-state index in [1.54, 1.807) is 39.7 Å². The molecule has 1 aliphatic heterocycles. The van der Waals surface area contributed by atoms with E-state index in [9.17, 15) is 4.79 Å². The number of rotatable bonds is 10. The molecule has 202 valence electrons. The highest BCUT2D eigenvalue weighted by Crippen LogP contribution is 2.40. The van der Waals surface area contributed by atoms with Gasteiger partial charge in [0.05, 0.1) is 27.2 Å². The van der Waals surface area contributed by atoms with Crippen LogP contribution in [-0.2, 0) is 11.3 Å². The molecular weight excluding hydrogens is 482 g/mol. The maximum Gasteiger partial charge on any atom is 0.229 e. The molecule has 0 radical (unpaired) electrons. The van der Waals surface area contributed by atoms with Crippen LogP contribution in [0.15, 0.2) is 48.7 Å². The van der Waals surface area contributed by atoms with Crippen LogP contribution in [0.4, 0.5) is 17.5 Å². The summed E-state index contributed by atoms with van der Waals surface area (Å²) in [5.41, 5.74) is 3.11. The minimum absolute atomic E-state index is 0.0764. The highest BCUT2D eigenvalue weighted by Gasteiger charge is 2.26. The van der Waals surface area contributed by atoms with Crippen LogP contribution in [0.3, 0.4) is 0 Å². The first-order chi connectivity index (χ1) is 18.4. The molecule has 0 saturated carbocycles. The lowest BCUT2D eigenvalue weighted by atomic mass is 9.97. The number of methoxy groups -OCH3 is 3. The molecule has 3 aromatic rings. The Morgan fingerprint density at radius 3 is 2.39 bits per heavy atom. The molecule has 0 aliphatic carbocycles. The second kappa shape index (κ2) is 12.5. The van der Waals surface area contributed by atoms with Gasteiger partial charge in [-0.3, -0.25) is 4.79 Å². The third-order valence-electron chi connectivity index (χ3n) is 6.79. The van der Waals surface area contributed by atoms with Gasteiger partial charge >= 0.3 is 0 Å². The minimum atomic E-state index is -0.0971. The number of benzene rings is 2. The Kier molecular flexibility index (Phi) is 8.89. The smallest absolute Gasteiger partial charge is 0.229 e. The normalized spacial score (nSPS) is 15.2. The van der Waals surface area contributed by atoms with Gasteiger partial charge in [0.1, 0.15) is 5.82 Å². The summed E-state index contributed by atoms with van der Waals surface area (Å²) in [6.07, 6.45) is 3.49. The molecule has 1 fully saturated rings. The lowest BCUT2D eigenvalue weighted by molar-refractivity contribution is -0.125. The summed E-state index contributed by atoms with van der Waals surface area (Å²) in [4.78, 5) is 24.2. The first-order valence-corrected chi connectivity index (χ1v) is 12.9. The Bertz CT molecular complexity index is 1210. The van der Waals surface area contributed by atoms with Gasteiger partial charge in [0, 0.05) is 43.7 Å². The summed E-state index contributed by atoms with van der Waals surface area (Å²) < 4.78 is 16.3. The van der Waals surface area contributed by atoms with Crippen LogP contribution in [0.5, 0.6) is 17.2 Å². The van der Waals surface area contributed by atoms with Gasteiger partial charge in [-0.15, -0.1) is 0 Å². The standard InChI is InChI=1S/C29H37N5O4/c1-19(2)21-10-8-20(9-11-21)17-31-28(35)22-7-6-14-34(18-22)26-12-13-30-29(33-26)32-23-15-24(36-3)27(38-5)25(16-23)37-4/h8-13,15-16,19,22H,6-7,14,17-18H2,1-5H3,(H,31,35)(H,30,32,33)/t22-/m0/s1. The zero-order chi connectivity index (χ0) is 27.1. The number of carbonyl (C=O) groups excluding carboxylic acids is 1. The van der Waals surface area contributed by atoms with E-state index in [4.69, 9.17) is 19.2 Å². The van der Waals surface area contributed by atoms with Crippen LogP contribution in [0, 0.1) is 5.92 Å². The van der Waals surface area contributed by atoms with E-state index in [0.29, 0.717) is 47.9 Å². The molecule has 2 N–H and O–H groups in total. The molecule has 0 unspecified atom stereocenters. The molecular formula is C29H37N5O4. The molecule has 1 saturated heterocycles. The molecule has 1 aliphatic rings. The summed E-state index contributed by atoms with van der Waals surface area (Å²) in [5, 5.41) is 6.34. The number of ether oxygens (including phenoxy) is 3. The van der Waals surface area contributed by atoms with Crippen LogP contribution in [0.1, 0.15) is 43.7 Å². The number of aromatic nitrogens is 2. The van der Waals surface area contributed by atoms with Gasteiger partial charge in [0.2, 0.25) is 17.6 Å². The fourth-order valence-electron chi connectivity index (χ4n) is 4.62. The first-order valence-electron chi connectivity index (χ1n) is 12.9. The Balaban J connectivity index is 1.40. The third kappa shape index (κ3) is 6.45. The first kappa shape index (κ1) is 27.0. The van der Waals surface area contributed by atoms with Crippen molar-refractivity contribution in [2.45, 2.75) is 39.2 Å². The number of anilines is 3. The van der Waals surface area contributed by atoms with Gasteiger partial charge in [-0.2, -0.15) is 4.98 Å². The molecule has 2 heterocycles. The average Bonchev–Trinajstić information content (AvgIpc) is 2.95. The third-order valence-corrected chi connectivity index (χ3v) is 6.79. The maximum absolute atomic E-state index is 13.0. The quantitative estimate of drug-likeness (QED) is 0.390. The second-order valence-electron chi connectivity index (χ2n) is 9.68. The van der Waals surface area contributed by atoms with E-state index in [1.165, 1.54) is 5.56 Å². The monoisotopic (exact) mass is 519 g/mol. The van der Waals surface area contributed by atoms with E-state index < -0.39 is 0 Å².